The number of hydrogen-bond donors (Lipinski definition) is 1. The highest BCUT2D eigenvalue weighted by Gasteiger charge is 2.30. The van der Waals surface area contributed by atoms with Crippen molar-refractivity contribution in [1.82, 2.24) is 13.9 Å². The molecule has 1 atom stereocenters. The Bertz CT molecular complexity index is 675. The number of nitrogens with one attached hydrogen (secondary N) is 1. The lowest BCUT2D eigenvalue weighted by molar-refractivity contribution is 0.0932. The van der Waals surface area contributed by atoms with Gasteiger partial charge in [-0.2, -0.15) is 17.4 Å². The van der Waals surface area contributed by atoms with Gasteiger partial charge in [-0.05, 0) is 26.0 Å². The number of amides is 1. The minimum absolute atomic E-state index is 0.256. The van der Waals surface area contributed by atoms with Crippen molar-refractivity contribution >= 4 is 22.0 Å². The van der Waals surface area contributed by atoms with E-state index in [0.717, 1.165) is 5.69 Å². The van der Waals surface area contributed by atoms with Gasteiger partial charge in [-0.25, -0.2) is 4.79 Å². The number of rotatable bonds is 7. The molecule has 0 aliphatic carbocycles. The number of likely N-dealkylation sites (N-methyl/N-ethyl adjacent to an activating group) is 1. The van der Waals surface area contributed by atoms with Gasteiger partial charge < -0.3 is 14.5 Å². The van der Waals surface area contributed by atoms with Gasteiger partial charge in [0, 0.05) is 51.5 Å². The number of nitrogens with zero attached hydrogens (tertiary/aromatic N) is 3. The third-order valence-electron chi connectivity index (χ3n) is 4.20. The van der Waals surface area contributed by atoms with Crippen molar-refractivity contribution in [1.29, 1.82) is 0 Å². The number of benzene rings is 1. The van der Waals surface area contributed by atoms with Gasteiger partial charge in [0.15, 0.2) is 0 Å². The molecule has 1 aliphatic heterocycles. The summed E-state index contributed by atoms with van der Waals surface area (Å²) >= 11 is 0. The molecule has 1 saturated heterocycles. The van der Waals surface area contributed by atoms with E-state index in [2.05, 4.69) is 4.72 Å². The van der Waals surface area contributed by atoms with Crippen molar-refractivity contribution in [2.75, 3.05) is 51.3 Å². The summed E-state index contributed by atoms with van der Waals surface area (Å²) in [5.41, 5.74) is 1.03. The van der Waals surface area contributed by atoms with Crippen molar-refractivity contribution in [3.63, 3.8) is 0 Å². The molecule has 1 amide bonds. The van der Waals surface area contributed by atoms with E-state index in [9.17, 15) is 13.2 Å². The van der Waals surface area contributed by atoms with E-state index < -0.39 is 16.3 Å². The maximum atomic E-state index is 12.6. The molecule has 8 nitrogen and oxygen atoms in total. The maximum Gasteiger partial charge on any atom is 0.409 e. The average Bonchev–Trinajstić information content (AvgIpc) is 2.62. The van der Waals surface area contributed by atoms with Crippen molar-refractivity contribution in [3.8, 4) is 0 Å². The summed E-state index contributed by atoms with van der Waals surface area (Å²) < 4.78 is 34.2. The Morgan fingerprint density at radius 2 is 1.85 bits per heavy atom. The van der Waals surface area contributed by atoms with Crippen LogP contribution in [-0.4, -0.2) is 76.1 Å². The van der Waals surface area contributed by atoms with Crippen LogP contribution < -0.4 is 9.62 Å². The second-order valence-electron chi connectivity index (χ2n) is 6.33. The third-order valence-corrected chi connectivity index (χ3v) is 5.94. The van der Waals surface area contributed by atoms with Gasteiger partial charge in [0.2, 0.25) is 0 Å². The van der Waals surface area contributed by atoms with Crippen LogP contribution in [0.4, 0.5) is 10.5 Å². The molecule has 1 fully saturated rings. The van der Waals surface area contributed by atoms with Gasteiger partial charge in [0.25, 0.3) is 10.2 Å². The van der Waals surface area contributed by atoms with Crippen LogP contribution in [0, 0.1) is 0 Å². The average molecular weight is 385 g/mol. The second kappa shape index (κ2) is 9.20. The molecule has 0 spiro atoms. The van der Waals surface area contributed by atoms with Crippen LogP contribution in [-0.2, 0) is 14.9 Å². The summed E-state index contributed by atoms with van der Waals surface area (Å²) in [6, 6.07) is 9.55. The first-order valence-corrected chi connectivity index (χ1v) is 10.2. The van der Waals surface area contributed by atoms with Gasteiger partial charge in [-0.1, -0.05) is 18.2 Å². The molecule has 0 unspecified atom stereocenters. The molecular weight excluding hydrogens is 356 g/mol. The van der Waals surface area contributed by atoms with Crippen molar-refractivity contribution in [2.45, 2.75) is 19.9 Å². The Morgan fingerprint density at radius 3 is 2.42 bits per heavy atom. The van der Waals surface area contributed by atoms with Crippen LogP contribution in [0.3, 0.4) is 0 Å². The summed E-state index contributed by atoms with van der Waals surface area (Å²) in [5.74, 6) is 0. The second-order valence-corrected chi connectivity index (χ2v) is 8.03. The Kier molecular flexibility index (Phi) is 7.24. The number of carbonyl (C=O) groups excluding carboxylic acids is 1. The summed E-state index contributed by atoms with van der Waals surface area (Å²) in [5, 5.41) is 0. The van der Waals surface area contributed by atoms with Gasteiger partial charge in [0.1, 0.15) is 0 Å². The highest BCUT2D eigenvalue weighted by atomic mass is 32.2. The molecule has 1 heterocycles. The SMILES string of the molecule is CCOC(=O)N1CCN(S(=O)(=O)N[C@H](C)CN(C)c2ccccc2)CC1. The molecule has 0 bridgehead atoms. The Balaban J connectivity index is 1.85. The van der Waals surface area contributed by atoms with Crippen molar-refractivity contribution in [2.24, 2.45) is 0 Å². The van der Waals surface area contributed by atoms with Crippen LogP contribution in [0.15, 0.2) is 30.3 Å². The molecule has 9 heteroatoms. The topological polar surface area (TPSA) is 82.2 Å². The van der Waals surface area contributed by atoms with E-state index >= 15 is 0 Å². The number of anilines is 1. The molecule has 1 aromatic rings. The van der Waals surface area contributed by atoms with E-state index in [-0.39, 0.29) is 19.1 Å². The molecule has 1 N–H and O–H groups in total. The normalized spacial score (nSPS) is 17.0. The molecule has 1 aromatic carbocycles. The number of piperazine rings is 1. The third kappa shape index (κ3) is 5.58. The van der Waals surface area contributed by atoms with E-state index in [1.807, 2.05) is 49.2 Å². The Hall–Kier alpha value is -1.84. The summed E-state index contributed by atoms with van der Waals surface area (Å²) in [4.78, 5) is 15.2. The van der Waals surface area contributed by atoms with Gasteiger partial charge in [-0.3, -0.25) is 0 Å². The lowest BCUT2D eigenvalue weighted by Crippen LogP contribution is -2.55. The van der Waals surface area contributed by atoms with E-state index in [1.165, 1.54) is 9.21 Å². The van der Waals surface area contributed by atoms with Gasteiger partial charge >= 0.3 is 6.09 Å². The van der Waals surface area contributed by atoms with E-state index in [0.29, 0.717) is 26.2 Å². The molecular formula is C17H28N4O4S. The first-order chi connectivity index (χ1) is 12.3. The zero-order valence-electron chi connectivity index (χ0n) is 15.6. The fourth-order valence-corrected chi connectivity index (χ4v) is 4.27. The Morgan fingerprint density at radius 1 is 1.23 bits per heavy atom. The maximum absolute atomic E-state index is 12.6. The number of hydrogen-bond acceptors (Lipinski definition) is 5. The predicted octanol–water partition coefficient (Wildman–Crippen LogP) is 1.12. The molecule has 146 valence electrons. The summed E-state index contributed by atoms with van der Waals surface area (Å²) in [6.07, 6.45) is -0.393. The van der Waals surface area contributed by atoms with Crippen LogP contribution in [0.25, 0.3) is 0 Å². The first kappa shape index (κ1) is 20.5. The first-order valence-electron chi connectivity index (χ1n) is 8.78. The van der Waals surface area contributed by atoms with E-state index in [1.54, 1.807) is 6.92 Å². The zero-order chi connectivity index (χ0) is 19.2. The molecule has 1 aliphatic rings. The molecule has 26 heavy (non-hydrogen) atoms. The minimum Gasteiger partial charge on any atom is -0.450 e. The summed E-state index contributed by atoms with van der Waals surface area (Å²) in [7, 11) is -1.67. The molecule has 0 radical (unpaired) electrons. The minimum atomic E-state index is -3.59. The highest BCUT2D eigenvalue weighted by Crippen LogP contribution is 2.12. The molecule has 0 aromatic heterocycles. The van der Waals surface area contributed by atoms with Crippen molar-refractivity contribution in [3.05, 3.63) is 30.3 Å². The number of carbonyl (C=O) groups is 1. The highest BCUT2D eigenvalue weighted by molar-refractivity contribution is 7.87. The van der Waals surface area contributed by atoms with Gasteiger partial charge in [-0.15, -0.1) is 0 Å². The van der Waals surface area contributed by atoms with Gasteiger partial charge in [0.05, 0.1) is 6.61 Å². The van der Waals surface area contributed by atoms with Crippen LogP contribution in [0.1, 0.15) is 13.8 Å². The van der Waals surface area contributed by atoms with Crippen LogP contribution in [0.2, 0.25) is 0 Å². The monoisotopic (exact) mass is 384 g/mol. The Labute approximate surface area is 155 Å². The zero-order valence-corrected chi connectivity index (χ0v) is 16.4. The fourth-order valence-electron chi connectivity index (χ4n) is 2.89. The van der Waals surface area contributed by atoms with Crippen molar-refractivity contribution < 1.29 is 17.9 Å². The summed E-state index contributed by atoms with van der Waals surface area (Å²) in [6.45, 7) is 5.63. The van der Waals surface area contributed by atoms with Crippen LogP contribution >= 0.6 is 0 Å². The number of para-hydroxylation sites is 1. The largest absolute Gasteiger partial charge is 0.450 e. The predicted molar refractivity (Wildman–Crippen MR) is 101 cm³/mol. The van der Waals surface area contributed by atoms with E-state index in [4.69, 9.17) is 4.74 Å². The van der Waals surface area contributed by atoms with Crippen LogP contribution in [0.5, 0.6) is 0 Å². The number of ether oxygens (including phenoxy) is 1. The fraction of sp³-hybridized carbons (Fsp3) is 0.588. The lowest BCUT2D eigenvalue weighted by Gasteiger charge is -2.34. The quantitative estimate of drug-likeness (QED) is 0.762. The standard InChI is InChI=1S/C17H28N4O4S/c1-4-25-17(22)20-10-12-21(13-11-20)26(23,24)18-15(2)14-19(3)16-8-6-5-7-9-16/h5-9,15,18H,4,10-14H2,1-3H3/t15-/m1/s1. The lowest BCUT2D eigenvalue weighted by atomic mass is 10.2. The molecule has 2 rings (SSSR count). The molecule has 0 saturated carbocycles. The smallest absolute Gasteiger partial charge is 0.409 e.